The van der Waals surface area contributed by atoms with Gasteiger partial charge in [0.2, 0.25) is 0 Å². The summed E-state index contributed by atoms with van der Waals surface area (Å²) in [6.45, 7) is 1.50. The van der Waals surface area contributed by atoms with E-state index in [4.69, 9.17) is 0 Å². The first kappa shape index (κ1) is 12.3. The van der Waals surface area contributed by atoms with Gasteiger partial charge in [0.15, 0.2) is 5.78 Å². The van der Waals surface area contributed by atoms with Crippen molar-refractivity contribution in [3.8, 4) is 11.4 Å². The second kappa shape index (κ2) is 4.74. The van der Waals surface area contributed by atoms with Crippen molar-refractivity contribution in [1.29, 1.82) is 0 Å². The Hall–Kier alpha value is -2.75. The van der Waals surface area contributed by atoms with E-state index in [1.54, 1.807) is 36.4 Å². The topological polar surface area (TPSA) is 62.8 Å². The van der Waals surface area contributed by atoms with Crippen LogP contribution in [0.1, 0.15) is 17.3 Å². The maximum Gasteiger partial charge on any atom is 0.259 e. The van der Waals surface area contributed by atoms with E-state index in [2.05, 4.69) is 9.97 Å². The summed E-state index contributed by atoms with van der Waals surface area (Å²) < 4.78 is 0. The first-order valence-electron chi connectivity index (χ1n) is 6.26. The standard InChI is InChI=1S/C16H12N2O2/c1-10(19)11-6-2-3-7-12(11)15-17-14-9-5-4-8-13(14)16(20)18-15/h2-9H,1H3,(H,17,18,20). The number of carbonyl (C=O) groups is 1. The molecule has 98 valence electrons. The Morgan fingerprint density at radius 2 is 1.75 bits per heavy atom. The van der Waals surface area contributed by atoms with Crippen LogP contribution in [0.25, 0.3) is 22.3 Å². The molecule has 0 unspecified atom stereocenters. The van der Waals surface area contributed by atoms with Gasteiger partial charge in [0.05, 0.1) is 10.9 Å². The zero-order valence-electron chi connectivity index (χ0n) is 10.9. The van der Waals surface area contributed by atoms with Gasteiger partial charge in [-0.3, -0.25) is 9.59 Å². The molecule has 0 spiro atoms. The number of para-hydroxylation sites is 1. The number of hydrogen-bond acceptors (Lipinski definition) is 3. The van der Waals surface area contributed by atoms with Crippen LogP contribution in [-0.4, -0.2) is 15.8 Å². The number of nitrogens with zero attached hydrogens (tertiary/aromatic N) is 1. The van der Waals surface area contributed by atoms with Crippen molar-refractivity contribution >= 4 is 16.7 Å². The summed E-state index contributed by atoms with van der Waals surface area (Å²) in [5.74, 6) is 0.357. The van der Waals surface area contributed by atoms with Gasteiger partial charge in [-0.25, -0.2) is 4.98 Å². The molecule has 20 heavy (non-hydrogen) atoms. The Bertz CT molecular complexity index is 865. The second-order valence-electron chi connectivity index (χ2n) is 4.53. The van der Waals surface area contributed by atoms with Crippen LogP contribution in [0, 0.1) is 0 Å². The molecule has 3 aromatic rings. The van der Waals surface area contributed by atoms with Crippen molar-refractivity contribution in [3.05, 3.63) is 64.4 Å². The Kier molecular flexibility index (Phi) is 2.91. The van der Waals surface area contributed by atoms with Crippen LogP contribution >= 0.6 is 0 Å². The molecule has 1 N–H and O–H groups in total. The monoisotopic (exact) mass is 264 g/mol. The molecule has 3 rings (SSSR count). The van der Waals surface area contributed by atoms with Crippen LogP contribution in [0.3, 0.4) is 0 Å². The molecule has 4 heteroatoms. The van der Waals surface area contributed by atoms with Crippen molar-refractivity contribution in [1.82, 2.24) is 9.97 Å². The largest absolute Gasteiger partial charge is 0.306 e. The lowest BCUT2D eigenvalue weighted by molar-refractivity contribution is 0.101. The van der Waals surface area contributed by atoms with E-state index in [0.717, 1.165) is 0 Å². The van der Waals surface area contributed by atoms with Gasteiger partial charge >= 0.3 is 0 Å². The fraction of sp³-hybridized carbons (Fsp3) is 0.0625. The molecular formula is C16H12N2O2. The smallest absolute Gasteiger partial charge is 0.259 e. The highest BCUT2D eigenvalue weighted by molar-refractivity contribution is 6.00. The minimum absolute atomic E-state index is 0.0589. The maximum atomic E-state index is 12.1. The van der Waals surface area contributed by atoms with Gasteiger partial charge < -0.3 is 4.98 Å². The lowest BCUT2D eigenvalue weighted by Crippen LogP contribution is -2.10. The van der Waals surface area contributed by atoms with Crippen LogP contribution in [-0.2, 0) is 0 Å². The van der Waals surface area contributed by atoms with Crippen molar-refractivity contribution in [2.75, 3.05) is 0 Å². The molecule has 0 aliphatic carbocycles. The fourth-order valence-electron chi connectivity index (χ4n) is 2.21. The van der Waals surface area contributed by atoms with Crippen LogP contribution in [0.2, 0.25) is 0 Å². The SMILES string of the molecule is CC(=O)c1ccccc1-c1nc2ccccc2c(=O)[nH]1. The summed E-state index contributed by atoms with van der Waals surface area (Å²) in [6.07, 6.45) is 0. The molecule has 1 heterocycles. The minimum atomic E-state index is -0.205. The van der Waals surface area contributed by atoms with E-state index in [0.29, 0.717) is 27.9 Å². The van der Waals surface area contributed by atoms with Gasteiger partial charge in [0.25, 0.3) is 5.56 Å². The molecule has 1 aromatic heterocycles. The molecule has 0 fully saturated rings. The third-order valence-electron chi connectivity index (χ3n) is 3.17. The summed E-state index contributed by atoms with van der Waals surface area (Å²) in [4.78, 5) is 30.9. The first-order valence-corrected chi connectivity index (χ1v) is 6.26. The molecule has 0 aliphatic heterocycles. The van der Waals surface area contributed by atoms with Gasteiger partial charge in [0, 0.05) is 11.1 Å². The van der Waals surface area contributed by atoms with E-state index in [-0.39, 0.29) is 11.3 Å². The van der Waals surface area contributed by atoms with Gasteiger partial charge in [-0.05, 0) is 19.1 Å². The minimum Gasteiger partial charge on any atom is -0.306 e. The fourth-order valence-corrected chi connectivity index (χ4v) is 2.21. The molecule has 0 saturated heterocycles. The van der Waals surface area contributed by atoms with Gasteiger partial charge in [-0.2, -0.15) is 0 Å². The molecule has 0 saturated carbocycles. The average molecular weight is 264 g/mol. The number of rotatable bonds is 2. The Balaban J connectivity index is 2.31. The molecule has 4 nitrogen and oxygen atoms in total. The number of benzene rings is 2. The highest BCUT2D eigenvalue weighted by atomic mass is 16.1. The zero-order chi connectivity index (χ0) is 14.1. The Labute approximate surface area is 115 Å². The van der Waals surface area contributed by atoms with Crippen LogP contribution < -0.4 is 5.56 Å². The highest BCUT2D eigenvalue weighted by Gasteiger charge is 2.11. The molecule has 0 amide bonds. The highest BCUT2D eigenvalue weighted by Crippen LogP contribution is 2.21. The maximum absolute atomic E-state index is 12.1. The molecule has 0 radical (unpaired) electrons. The lowest BCUT2D eigenvalue weighted by atomic mass is 10.0. The Morgan fingerprint density at radius 3 is 2.55 bits per heavy atom. The molecule has 0 aliphatic rings. The predicted molar refractivity (Wildman–Crippen MR) is 77.8 cm³/mol. The summed E-state index contributed by atoms with van der Waals surface area (Å²) in [6, 6.07) is 14.2. The van der Waals surface area contributed by atoms with Crippen LogP contribution in [0.15, 0.2) is 53.3 Å². The van der Waals surface area contributed by atoms with E-state index >= 15 is 0 Å². The lowest BCUT2D eigenvalue weighted by Gasteiger charge is -2.07. The summed E-state index contributed by atoms with van der Waals surface area (Å²) in [5.41, 5.74) is 1.60. The summed E-state index contributed by atoms with van der Waals surface area (Å²) in [5, 5.41) is 0.538. The number of Topliss-reactive ketones (excluding diaryl/α,β-unsaturated/α-hetero) is 1. The number of hydrogen-bond donors (Lipinski definition) is 1. The second-order valence-corrected chi connectivity index (χ2v) is 4.53. The number of carbonyl (C=O) groups excluding carboxylic acids is 1. The van der Waals surface area contributed by atoms with Gasteiger partial charge in [-0.15, -0.1) is 0 Å². The molecule has 2 aromatic carbocycles. The number of H-pyrrole nitrogens is 1. The molecule has 0 atom stereocenters. The van der Waals surface area contributed by atoms with Crippen molar-refractivity contribution < 1.29 is 4.79 Å². The predicted octanol–water partition coefficient (Wildman–Crippen LogP) is 2.79. The van der Waals surface area contributed by atoms with Crippen molar-refractivity contribution in [3.63, 3.8) is 0 Å². The van der Waals surface area contributed by atoms with Gasteiger partial charge in [-0.1, -0.05) is 36.4 Å². The van der Waals surface area contributed by atoms with Crippen molar-refractivity contribution in [2.45, 2.75) is 6.92 Å². The number of fused-ring (bicyclic) bond motifs is 1. The normalized spacial score (nSPS) is 10.7. The van der Waals surface area contributed by atoms with Gasteiger partial charge in [0.1, 0.15) is 5.82 Å². The Morgan fingerprint density at radius 1 is 1.05 bits per heavy atom. The van der Waals surface area contributed by atoms with E-state index in [1.807, 2.05) is 12.1 Å². The first-order chi connectivity index (χ1) is 9.66. The zero-order valence-corrected chi connectivity index (χ0v) is 10.9. The third kappa shape index (κ3) is 2.01. The summed E-state index contributed by atoms with van der Waals surface area (Å²) >= 11 is 0. The van der Waals surface area contributed by atoms with E-state index in [1.165, 1.54) is 6.92 Å². The van der Waals surface area contributed by atoms with E-state index in [9.17, 15) is 9.59 Å². The summed E-state index contributed by atoms with van der Waals surface area (Å²) in [7, 11) is 0. The van der Waals surface area contributed by atoms with Crippen LogP contribution in [0.4, 0.5) is 0 Å². The number of aromatic nitrogens is 2. The average Bonchev–Trinajstić information content (AvgIpc) is 2.47. The van der Waals surface area contributed by atoms with E-state index < -0.39 is 0 Å². The number of aromatic amines is 1. The quantitative estimate of drug-likeness (QED) is 0.724. The number of nitrogens with one attached hydrogen (secondary N) is 1. The molecular weight excluding hydrogens is 252 g/mol. The molecule has 0 bridgehead atoms. The van der Waals surface area contributed by atoms with Crippen molar-refractivity contribution in [2.24, 2.45) is 0 Å². The number of ketones is 1. The third-order valence-corrected chi connectivity index (χ3v) is 3.17. The van der Waals surface area contributed by atoms with Crippen LogP contribution in [0.5, 0.6) is 0 Å².